The molecule has 1 aliphatic rings. The van der Waals surface area contributed by atoms with E-state index in [1.165, 1.54) is 0 Å². The van der Waals surface area contributed by atoms with Crippen LogP contribution in [0.3, 0.4) is 0 Å². The Morgan fingerprint density at radius 1 is 1.75 bits per heavy atom. The van der Waals surface area contributed by atoms with Gasteiger partial charge in [0.2, 0.25) is 5.91 Å². The average Bonchev–Trinajstić information content (AvgIpc) is 2.83. The fourth-order valence-corrected chi connectivity index (χ4v) is 1.49. The number of carboxylic acid groups (broad SMARTS) is 1. The minimum absolute atomic E-state index is 0.0328. The van der Waals surface area contributed by atoms with Crippen molar-refractivity contribution in [3.63, 3.8) is 0 Å². The number of nitrogens with zero attached hydrogens (tertiary/aromatic N) is 1. The highest BCUT2D eigenvalue weighted by Gasteiger charge is 2.21. The van der Waals surface area contributed by atoms with E-state index in [2.05, 4.69) is 15.6 Å². The minimum atomic E-state index is -1.13. The number of hydrogen-bond acceptors (Lipinski definition) is 5. The zero-order valence-electron chi connectivity index (χ0n) is 8.40. The number of amides is 1. The van der Waals surface area contributed by atoms with Gasteiger partial charge in [0.05, 0.1) is 0 Å². The topological polar surface area (TPSA) is 104 Å². The van der Waals surface area contributed by atoms with Crippen molar-refractivity contribution in [3.8, 4) is 0 Å². The van der Waals surface area contributed by atoms with Gasteiger partial charge in [0.1, 0.15) is 6.26 Å². The number of anilines is 1. The molecule has 1 aliphatic heterocycles. The van der Waals surface area contributed by atoms with E-state index in [-0.39, 0.29) is 23.7 Å². The fourth-order valence-electron chi connectivity index (χ4n) is 1.49. The van der Waals surface area contributed by atoms with E-state index in [0.717, 1.165) is 12.7 Å². The van der Waals surface area contributed by atoms with Crippen LogP contribution in [0.1, 0.15) is 23.3 Å². The van der Waals surface area contributed by atoms with Gasteiger partial charge < -0.3 is 20.2 Å². The van der Waals surface area contributed by atoms with Crippen molar-refractivity contribution in [2.24, 2.45) is 0 Å². The summed E-state index contributed by atoms with van der Waals surface area (Å²) in [4.78, 5) is 25.1. The Bertz CT molecular complexity index is 415. The Morgan fingerprint density at radius 3 is 3.12 bits per heavy atom. The highest BCUT2D eigenvalue weighted by molar-refractivity contribution is 5.85. The maximum atomic E-state index is 10.9. The lowest BCUT2D eigenvalue weighted by atomic mass is 10.2. The molecule has 0 radical (unpaired) electrons. The second-order valence-corrected chi connectivity index (χ2v) is 3.53. The molecule has 0 spiro atoms. The zero-order valence-corrected chi connectivity index (χ0v) is 8.40. The lowest BCUT2D eigenvalue weighted by molar-refractivity contribution is -0.119. The molecule has 0 aromatic carbocycles. The summed E-state index contributed by atoms with van der Waals surface area (Å²) in [7, 11) is 0. The third-order valence-electron chi connectivity index (χ3n) is 2.31. The Balaban J connectivity index is 1.85. The third-order valence-corrected chi connectivity index (χ3v) is 2.31. The van der Waals surface area contributed by atoms with E-state index in [1.807, 2.05) is 0 Å². The number of carbonyl (C=O) groups excluding carboxylic acids is 1. The van der Waals surface area contributed by atoms with Crippen LogP contribution in [-0.2, 0) is 4.79 Å². The van der Waals surface area contributed by atoms with E-state index < -0.39 is 5.97 Å². The fraction of sp³-hybridized carbons (Fsp3) is 0.444. The van der Waals surface area contributed by atoms with Crippen LogP contribution in [0, 0.1) is 0 Å². The zero-order chi connectivity index (χ0) is 11.5. The second kappa shape index (κ2) is 4.21. The van der Waals surface area contributed by atoms with Crippen LogP contribution < -0.4 is 10.6 Å². The van der Waals surface area contributed by atoms with Gasteiger partial charge in [-0.25, -0.2) is 4.79 Å². The smallest absolute Gasteiger partial charge is 0.357 e. The molecule has 0 bridgehead atoms. The first kappa shape index (κ1) is 10.5. The average molecular weight is 225 g/mol. The number of carbonyl (C=O) groups is 2. The Hall–Kier alpha value is -2.05. The summed E-state index contributed by atoms with van der Waals surface area (Å²) < 4.78 is 4.90. The molecule has 1 aromatic rings. The van der Waals surface area contributed by atoms with Crippen LogP contribution in [0.25, 0.3) is 0 Å². The molecular formula is C9H11N3O4. The SMILES string of the molecule is O=C1CCC(CNc2nc(C(=O)O)co2)N1. The molecule has 0 saturated carbocycles. The number of hydrogen-bond donors (Lipinski definition) is 3. The van der Waals surface area contributed by atoms with Gasteiger partial charge in [-0.2, -0.15) is 4.98 Å². The Labute approximate surface area is 90.8 Å². The molecule has 1 unspecified atom stereocenters. The first-order chi connectivity index (χ1) is 7.65. The number of aromatic nitrogens is 1. The van der Waals surface area contributed by atoms with Gasteiger partial charge in [0.25, 0.3) is 6.01 Å². The number of oxazole rings is 1. The normalized spacial score (nSPS) is 19.5. The maximum absolute atomic E-state index is 10.9. The molecule has 86 valence electrons. The molecule has 7 heteroatoms. The largest absolute Gasteiger partial charge is 0.476 e. The predicted molar refractivity (Wildman–Crippen MR) is 53.1 cm³/mol. The van der Waals surface area contributed by atoms with Gasteiger partial charge in [-0.1, -0.05) is 0 Å². The first-order valence-corrected chi connectivity index (χ1v) is 4.87. The molecule has 2 heterocycles. The van der Waals surface area contributed by atoms with E-state index >= 15 is 0 Å². The summed E-state index contributed by atoms with van der Waals surface area (Å²) in [6.07, 6.45) is 2.36. The van der Waals surface area contributed by atoms with Gasteiger partial charge in [0, 0.05) is 19.0 Å². The lowest BCUT2D eigenvalue weighted by Gasteiger charge is -2.08. The van der Waals surface area contributed by atoms with Crippen LogP contribution in [0.5, 0.6) is 0 Å². The van der Waals surface area contributed by atoms with E-state index in [4.69, 9.17) is 9.52 Å². The third kappa shape index (κ3) is 2.30. The monoisotopic (exact) mass is 225 g/mol. The van der Waals surface area contributed by atoms with E-state index in [0.29, 0.717) is 13.0 Å². The maximum Gasteiger partial charge on any atom is 0.357 e. The van der Waals surface area contributed by atoms with Crippen LogP contribution in [-0.4, -0.2) is 34.6 Å². The van der Waals surface area contributed by atoms with E-state index in [1.54, 1.807) is 0 Å². The van der Waals surface area contributed by atoms with Crippen molar-refractivity contribution >= 4 is 17.9 Å². The molecular weight excluding hydrogens is 214 g/mol. The molecule has 16 heavy (non-hydrogen) atoms. The van der Waals surface area contributed by atoms with Crippen molar-refractivity contribution in [1.82, 2.24) is 10.3 Å². The summed E-state index contributed by atoms with van der Waals surface area (Å²) in [5, 5.41) is 14.2. The number of nitrogens with one attached hydrogen (secondary N) is 2. The number of carboxylic acids is 1. The Morgan fingerprint density at radius 2 is 2.56 bits per heavy atom. The summed E-state index contributed by atoms with van der Waals surface area (Å²) in [6, 6.07) is 0.200. The Kier molecular flexibility index (Phi) is 2.76. The van der Waals surface area contributed by atoms with Crippen molar-refractivity contribution in [3.05, 3.63) is 12.0 Å². The van der Waals surface area contributed by atoms with Gasteiger partial charge in [-0.15, -0.1) is 0 Å². The standard InChI is InChI=1S/C9H11N3O4/c13-7-2-1-5(11-7)3-10-9-12-6(4-16-9)8(14)15/h4-5H,1-3H2,(H,10,12)(H,11,13)(H,14,15). The highest BCUT2D eigenvalue weighted by atomic mass is 16.4. The van der Waals surface area contributed by atoms with Crippen LogP contribution >= 0.6 is 0 Å². The van der Waals surface area contributed by atoms with Crippen molar-refractivity contribution in [1.29, 1.82) is 0 Å². The van der Waals surface area contributed by atoms with Crippen molar-refractivity contribution in [2.45, 2.75) is 18.9 Å². The highest BCUT2D eigenvalue weighted by Crippen LogP contribution is 2.10. The summed E-state index contributed by atoms with van der Waals surface area (Å²) in [5.74, 6) is -1.10. The lowest BCUT2D eigenvalue weighted by Crippen LogP contribution is -2.31. The number of aromatic carboxylic acids is 1. The minimum Gasteiger partial charge on any atom is -0.476 e. The quantitative estimate of drug-likeness (QED) is 0.669. The van der Waals surface area contributed by atoms with Crippen LogP contribution in [0.4, 0.5) is 6.01 Å². The molecule has 1 amide bonds. The molecule has 1 atom stereocenters. The number of rotatable bonds is 4. The molecule has 1 fully saturated rings. The molecule has 2 rings (SSSR count). The first-order valence-electron chi connectivity index (χ1n) is 4.87. The van der Waals surface area contributed by atoms with Gasteiger partial charge >= 0.3 is 5.97 Å². The van der Waals surface area contributed by atoms with Crippen LogP contribution in [0.15, 0.2) is 10.7 Å². The molecule has 0 aliphatic carbocycles. The van der Waals surface area contributed by atoms with Crippen LogP contribution in [0.2, 0.25) is 0 Å². The van der Waals surface area contributed by atoms with Crippen molar-refractivity contribution in [2.75, 3.05) is 11.9 Å². The van der Waals surface area contributed by atoms with Crippen molar-refractivity contribution < 1.29 is 19.1 Å². The van der Waals surface area contributed by atoms with Gasteiger partial charge in [-0.05, 0) is 6.42 Å². The molecule has 7 nitrogen and oxygen atoms in total. The molecule has 1 aromatic heterocycles. The summed E-state index contributed by atoms with van der Waals surface area (Å²) in [5.41, 5.74) is -0.141. The second-order valence-electron chi connectivity index (χ2n) is 3.53. The van der Waals surface area contributed by atoms with E-state index in [9.17, 15) is 9.59 Å². The van der Waals surface area contributed by atoms with Gasteiger partial charge in [-0.3, -0.25) is 4.79 Å². The van der Waals surface area contributed by atoms with Gasteiger partial charge in [0.15, 0.2) is 5.69 Å². The molecule has 3 N–H and O–H groups in total. The summed E-state index contributed by atoms with van der Waals surface area (Å²) in [6.45, 7) is 0.477. The molecule has 1 saturated heterocycles. The predicted octanol–water partition coefficient (Wildman–Crippen LogP) is 0.0633. The summed E-state index contributed by atoms with van der Waals surface area (Å²) >= 11 is 0.